The number of ether oxygens (including phenoxy) is 1. The number of amides is 1. The lowest BCUT2D eigenvalue weighted by atomic mass is 10.0. The van der Waals surface area contributed by atoms with Gasteiger partial charge >= 0.3 is 0 Å². The Kier molecular flexibility index (Phi) is 9.63. The highest BCUT2D eigenvalue weighted by Gasteiger charge is 2.21. The minimum Gasteiger partial charge on any atom is -0.383 e. The predicted octanol–water partition coefficient (Wildman–Crippen LogP) is 3.75. The van der Waals surface area contributed by atoms with E-state index in [-0.39, 0.29) is 11.9 Å². The van der Waals surface area contributed by atoms with Gasteiger partial charge in [0.05, 0.1) is 6.61 Å². The molecule has 186 valence electrons. The summed E-state index contributed by atoms with van der Waals surface area (Å²) in [6, 6.07) is 21.1. The number of carbonyl (C=O) groups is 1. The Labute approximate surface area is 212 Å². The van der Waals surface area contributed by atoms with Gasteiger partial charge in [0.2, 0.25) is 11.0 Å². The highest BCUT2D eigenvalue weighted by molar-refractivity contribution is 7.09. The standard InChI is InChI=1S/C27H35N5O2S/c1-34-19-18-32(27-29-25(30-35-27)20-22-8-4-2-5-9-22)17-14-26(33)28-24-12-15-31(16-13-24)21-23-10-6-3-7-11-23/h2-11,24H,12-21H2,1H3,(H,28,33). The van der Waals surface area contributed by atoms with E-state index in [4.69, 9.17) is 9.72 Å². The minimum absolute atomic E-state index is 0.1000. The SMILES string of the molecule is COCCN(CCC(=O)NC1CCN(Cc2ccccc2)CC1)c1nc(Cc2ccccc2)ns1. The maximum Gasteiger partial charge on any atom is 0.221 e. The number of methoxy groups -OCH3 is 1. The zero-order valence-electron chi connectivity index (χ0n) is 20.4. The normalized spacial score (nSPS) is 14.7. The van der Waals surface area contributed by atoms with Gasteiger partial charge in [0.1, 0.15) is 5.82 Å². The summed E-state index contributed by atoms with van der Waals surface area (Å²) in [5.74, 6) is 0.910. The number of piperidine rings is 1. The van der Waals surface area contributed by atoms with E-state index in [9.17, 15) is 4.79 Å². The molecule has 0 radical (unpaired) electrons. The number of aromatic nitrogens is 2. The van der Waals surface area contributed by atoms with Crippen molar-refractivity contribution in [3.05, 3.63) is 77.6 Å². The number of carbonyl (C=O) groups excluding carboxylic acids is 1. The van der Waals surface area contributed by atoms with Crippen LogP contribution in [-0.4, -0.2) is 66.1 Å². The second kappa shape index (κ2) is 13.3. The summed E-state index contributed by atoms with van der Waals surface area (Å²) in [4.78, 5) is 22.0. The Hall–Kier alpha value is -2.81. The topological polar surface area (TPSA) is 70.6 Å². The lowest BCUT2D eigenvalue weighted by Gasteiger charge is -2.32. The van der Waals surface area contributed by atoms with Crippen LogP contribution >= 0.6 is 11.5 Å². The Morgan fingerprint density at radius 1 is 1.06 bits per heavy atom. The van der Waals surface area contributed by atoms with Crippen LogP contribution in [0.4, 0.5) is 5.13 Å². The molecule has 7 nitrogen and oxygen atoms in total. The molecule has 1 amide bonds. The van der Waals surface area contributed by atoms with Crippen LogP contribution in [0.15, 0.2) is 60.7 Å². The van der Waals surface area contributed by atoms with Crippen LogP contribution in [0.25, 0.3) is 0 Å². The molecule has 1 aromatic heterocycles. The molecule has 4 rings (SSSR count). The number of nitrogens with one attached hydrogen (secondary N) is 1. The minimum atomic E-state index is 0.1000. The molecular formula is C27H35N5O2S. The molecular weight excluding hydrogens is 458 g/mol. The summed E-state index contributed by atoms with van der Waals surface area (Å²) in [5.41, 5.74) is 2.53. The number of nitrogens with zero attached hydrogens (tertiary/aromatic N) is 4. The first kappa shape index (κ1) is 25.3. The Morgan fingerprint density at radius 2 is 1.74 bits per heavy atom. The van der Waals surface area contributed by atoms with Gasteiger partial charge < -0.3 is 15.0 Å². The third kappa shape index (κ3) is 8.13. The fraction of sp³-hybridized carbons (Fsp3) is 0.444. The summed E-state index contributed by atoms with van der Waals surface area (Å²) in [7, 11) is 1.69. The van der Waals surface area contributed by atoms with Crippen molar-refractivity contribution < 1.29 is 9.53 Å². The molecule has 2 heterocycles. The van der Waals surface area contributed by atoms with Gasteiger partial charge in [-0.15, -0.1) is 0 Å². The molecule has 1 N–H and O–H groups in total. The van der Waals surface area contributed by atoms with E-state index in [2.05, 4.69) is 62.0 Å². The van der Waals surface area contributed by atoms with Gasteiger partial charge in [-0.05, 0) is 24.0 Å². The van der Waals surface area contributed by atoms with Crippen molar-refractivity contribution in [2.75, 3.05) is 44.8 Å². The van der Waals surface area contributed by atoms with Crippen LogP contribution in [0, 0.1) is 0 Å². The van der Waals surface area contributed by atoms with Crippen molar-refractivity contribution >= 4 is 22.6 Å². The molecule has 8 heteroatoms. The van der Waals surface area contributed by atoms with E-state index < -0.39 is 0 Å². The molecule has 3 aromatic rings. The fourth-order valence-corrected chi connectivity index (χ4v) is 5.08. The average molecular weight is 494 g/mol. The number of anilines is 1. The summed E-state index contributed by atoms with van der Waals surface area (Å²) < 4.78 is 9.83. The average Bonchev–Trinajstić information content (AvgIpc) is 3.35. The van der Waals surface area contributed by atoms with Crippen molar-refractivity contribution in [2.45, 2.75) is 38.3 Å². The third-order valence-corrected chi connectivity index (χ3v) is 7.12. The lowest BCUT2D eigenvalue weighted by molar-refractivity contribution is -0.121. The van der Waals surface area contributed by atoms with Crippen molar-refractivity contribution in [2.24, 2.45) is 0 Å². The quantitative estimate of drug-likeness (QED) is 0.414. The van der Waals surface area contributed by atoms with Crippen LogP contribution in [0.5, 0.6) is 0 Å². The Bertz CT molecular complexity index is 1020. The van der Waals surface area contributed by atoms with Crippen molar-refractivity contribution in [1.82, 2.24) is 19.6 Å². The molecule has 0 bridgehead atoms. The van der Waals surface area contributed by atoms with Gasteiger partial charge in [-0.1, -0.05) is 60.7 Å². The highest BCUT2D eigenvalue weighted by Crippen LogP contribution is 2.20. The van der Waals surface area contributed by atoms with Gasteiger partial charge in [0.25, 0.3) is 0 Å². The molecule has 0 spiro atoms. The number of benzene rings is 2. The van der Waals surface area contributed by atoms with E-state index in [0.29, 0.717) is 32.5 Å². The molecule has 2 aromatic carbocycles. The van der Waals surface area contributed by atoms with Crippen LogP contribution in [0.2, 0.25) is 0 Å². The van der Waals surface area contributed by atoms with Crippen LogP contribution in [0.3, 0.4) is 0 Å². The molecule has 0 atom stereocenters. The van der Waals surface area contributed by atoms with E-state index >= 15 is 0 Å². The number of hydrogen-bond donors (Lipinski definition) is 1. The van der Waals surface area contributed by atoms with E-state index in [0.717, 1.165) is 43.4 Å². The van der Waals surface area contributed by atoms with Gasteiger partial charge in [-0.3, -0.25) is 9.69 Å². The molecule has 1 saturated heterocycles. The van der Waals surface area contributed by atoms with Crippen LogP contribution < -0.4 is 10.2 Å². The summed E-state index contributed by atoms with van der Waals surface area (Å²) in [6.07, 6.45) is 3.12. The van der Waals surface area contributed by atoms with Gasteiger partial charge in [-0.25, -0.2) is 4.98 Å². The molecule has 1 fully saturated rings. The number of likely N-dealkylation sites (tertiary alicyclic amines) is 1. The third-order valence-electron chi connectivity index (χ3n) is 6.31. The lowest BCUT2D eigenvalue weighted by Crippen LogP contribution is -2.45. The van der Waals surface area contributed by atoms with Gasteiger partial charge in [0.15, 0.2) is 0 Å². The van der Waals surface area contributed by atoms with Crippen LogP contribution in [0.1, 0.15) is 36.2 Å². The molecule has 1 aliphatic heterocycles. The highest BCUT2D eigenvalue weighted by atomic mass is 32.1. The number of hydrogen-bond acceptors (Lipinski definition) is 7. The zero-order valence-corrected chi connectivity index (χ0v) is 21.3. The van der Waals surface area contributed by atoms with Crippen molar-refractivity contribution in [1.29, 1.82) is 0 Å². The van der Waals surface area contributed by atoms with E-state index in [1.165, 1.54) is 22.7 Å². The number of rotatable bonds is 12. The van der Waals surface area contributed by atoms with E-state index in [1.54, 1.807) is 7.11 Å². The molecule has 35 heavy (non-hydrogen) atoms. The summed E-state index contributed by atoms with van der Waals surface area (Å²) in [5, 5.41) is 4.09. The Balaban J connectivity index is 1.23. The molecule has 1 aliphatic rings. The molecule has 0 aliphatic carbocycles. The van der Waals surface area contributed by atoms with E-state index in [1.807, 2.05) is 18.2 Å². The van der Waals surface area contributed by atoms with Gasteiger partial charge in [0, 0.05) is 70.2 Å². The monoisotopic (exact) mass is 493 g/mol. The largest absolute Gasteiger partial charge is 0.383 e. The van der Waals surface area contributed by atoms with Crippen LogP contribution in [-0.2, 0) is 22.5 Å². The second-order valence-electron chi connectivity index (χ2n) is 8.99. The second-order valence-corrected chi connectivity index (χ2v) is 9.72. The molecule has 0 saturated carbocycles. The smallest absolute Gasteiger partial charge is 0.221 e. The molecule has 0 unspecified atom stereocenters. The predicted molar refractivity (Wildman–Crippen MR) is 141 cm³/mol. The Morgan fingerprint density at radius 3 is 2.43 bits per heavy atom. The summed E-state index contributed by atoms with van der Waals surface area (Å²) in [6.45, 7) is 4.85. The zero-order chi connectivity index (χ0) is 24.3. The maximum atomic E-state index is 12.7. The summed E-state index contributed by atoms with van der Waals surface area (Å²) >= 11 is 1.39. The first-order valence-corrected chi connectivity index (χ1v) is 13.1. The first-order chi connectivity index (χ1) is 17.2. The fourth-order valence-electron chi connectivity index (χ4n) is 4.34. The van der Waals surface area contributed by atoms with Gasteiger partial charge in [-0.2, -0.15) is 4.37 Å². The first-order valence-electron chi connectivity index (χ1n) is 12.4. The maximum absolute atomic E-state index is 12.7. The van der Waals surface area contributed by atoms with Crippen molar-refractivity contribution in [3.63, 3.8) is 0 Å². The van der Waals surface area contributed by atoms with Crippen molar-refractivity contribution in [3.8, 4) is 0 Å².